The number of fused-ring (bicyclic) bond motifs is 1. The Bertz CT molecular complexity index is 696. The average Bonchev–Trinajstić information content (AvgIpc) is 3.14. The first-order valence-electron chi connectivity index (χ1n) is 8.58. The number of benzene rings is 1. The lowest BCUT2D eigenvalue weighted by Crippen LogP contribution is -2.24. The second kappa shape index (κ2) is 7.22. The first-order valence-corrected chi connectivity index (χ1v) is 9.56. The van der Waals surface area contributed by atoms with Gasteiger partial charge < -0.3 is 9.84 Å². The van der Waals surface area contributed by atoms with Crippen LogP contribution in [0.5, 0.6) is 11.5 Å². The van der Waals surface area contributed by atoms with Crippen LogP contribution in [-0.4, -0.2) is 40.1 Å². The quantitative estimate of drug-likeness (QED) is 0.823. The van der Waals surface area contributed by atoms with E-state index >= 15 is 0 Å². The van der Waals surface area contributed by atoms with Crippen molar-refractivity contribution in [2.24, 2.45) is 11.8 Å². The van der Waals surface area contributed by atoms with Crippen LogP contribution in [0.3, 0.4) is 0 Å². The lowest BCUT2D eigenvalue weighted by molar-refractivity contribution is 0.189. The van der Waals surface area contributed by atoms with Gasteiger partial charge in [-0.15, -0.1) is 0 Å². The van der Waals surface area contributed by atoms with Crippen molar-refractivity contribution >= 4 is 11.8 Å². The zero-order valence-electron chi connectivity index (χ0n) is 13.8. The number of likely N-dealkylation sites (tertiary alicyclic amines) is 1. The fourth-order valence-corrected chi connectivity index (χ4v) is 4.68. The third-order valence-corrected chi connectivity index (χ3v) is 6.05. The molecule has 0 unspecified atom stereocenters. The van der Waals surface area contributed by atoms with Gasteiger partial charge in [0.15, 0.2) is 0 Å². The summed E-state index contributed by atoms with van der Waals surface area (Å²) in [6.07, 6.45) is 3.87. The molecule has 132 valence electrons. The molecule has 1 aliphatic carbocycles. The maximum absolute atomic E-state index is 13.0. The Kier molecular flexibility index (Phi) is 4.81. The number of nitrogens with zero attached hydrogens (tertiary/aromatic N) is 2. The van der Waals surface area contributed by atoms with E-state index in [0.717, 1.165) is 42.6 Å². The number of halogens is 1. The number of hydrogen-bond acceptors (Lipinski definition) is 5. The fourth-order valence-electron chi connectivity index (χ4n) is 3.86. The molecule has 1 aromatic carbocycles. The summed E-state index contributed by atoms with van der Waals surface area (Å²) in [5.74, 6) is 3.02. The van der Waals surface area contributed by atoms with Crippen LogP contribution < -0.4 is 4.74 Å². The Balaban J connectivity index is 1.24. The van der Waals surface area contributed by atoms with Crippen LogP contribution in [0.2, 0.25) is 0 Å². The van der Waals surface area contributed by atoms with Crippen molar-refractivity contribution < 1.29 is 14.2 Å². The summed E-state index contributed by atoms with van der Waals surface area (Å²) in [5.41, 5.74) is 0. The van der Waals surface area contributed by atoms with Crippen LogP contribution >= 0.6 is 11.8 Å². The molecule has 0 radical (unpaired) electrons. The second-order valence-corrected chi connectivity index (χ2v) is 7.81. The summed E-state index contributed by atoms with van der Waals surface area (Å²) < 4.78 is 19.0. The Morgan fingerprint density at radius 1 is 1.12 bits per heavy atom. The van der Waals surface area contributed by atoms with E-state index in [1.165, 1.54) is 18.3 Å². The van der Waals surface area contributed by atoms with Gasteiger partial charge >= 0.3 is 0 Å². The summed E-state index contributed by atoms with van der Waals surface area (Å²) in [5, 5.41) is 10.2. The van der Waals surface area contributed by atoms with E-state index in [2.05, 4.69) is 9.88 Å². The molecule has 1 saturated carbocycles. The van der Waals surface area contributed by atoms with E-state index in [0.29, 0.717) is 11.8 Å². The average molecular weight is 360 g/mol. The van der Waals surface area contributed by atoms with Crippen molar-refractivity contribution in [3.63, 3.8) is 0 Å². The molecule has 3 atom stereocenters. The second-order valence-electron chi connectivity index (χ2n) is 6.85. The summed E-state index contributed by atoms with van der Waals surface area (Å²) in [7, 11) is 0. The Morgan fingerprint density at radius 2 is 1.84 bits per heavy atom. The lowest BCUT2D eigenvalue weighted by Gasteiger charge is -2.19. The molecule has 6 heteroatoms. The zero-order valence-corrected chi connectivity index (χ0v) is 14.7. The number of hydrogen-bond donors (Lipinski definition) is 1. The highest BCUT2D eigenvalue weighted by molar-refractivity contribution is 7.99. The first-order chi connectivity index (χ1) is 12.2. The third kappa shape index (κ3) is 4.07. The number of aromatic hydroxyl groups is 1. The van der Waals surface area contributed by atoms with Crippen molar-refractivity contribution in [1.82, 2.24) is 9.88 Å². The van der Waals surface area contributed by atoms with Gasteiger partial charge in [0, 0.05) is 13.1 Å². The fraction of sp³-hybridized carbons (Fsp3) is 0.421. The molecule has 4 rings (SSSR count). The molecule has 1 N–H and O–H groups in total. The van der Waals surface area contributed by atoms with Crippen LogP contribution in [-0.2, 0) is 0 Å². The van der Waals surface area contributed by atoms with Crippen molar-refractivity contribution in [1.29, 1.82) is 0 Å². The molecule has 0 spiro atoms. The van der Waals surface area contributed by atoms with Crippen molar-refractivity contribution in [3.05, 3.63) is 48.4 Å². The van der Waals surface area contributed by atoms with E-state index in [1.807, 2.05) is 6.07 Å². The highest BCUT2D eigenvalue weighted by Gasteiger charge is 2.41. The number of rotatable bonds is 5. The molecule has 2 aromatic rings. The Morgan fingerprint density at radius 3 is 2.48 bits per heavy atom. The maximum Gasteiger partial charge on any atom is 0.133 e. The van der Waals surface area contributed by atoms with Gasteiger partial charge in [-0.25, -0.2) is 9.37 Å². The van der Waals surface area contributed by atoms with Crippen LogP contribution in [0.15, 0.2) is 47.6 Å². The predicted octanol–water partition coefficient (Wildman–Crippen LogP) is 3.77. The van der Waals surface area contributed by atoms with E-state index in [1.54, 1.807) is 30.0 Å². The zero-order chi connectivity index (χ0) is 17.2. The molecule has 0 bridgehead atoms. The van der Waals surface area contributed by atoms with Gasteiger partial charge in [-0.1, -0.05) is 11.8 Å². The minimum Gasteiger partial charge on any atom is -0.506 e. The van der Waals surface area contributed by atoms with E-state index in [-0.39, 0.29) is 17.7 Å². The summed E-state index contributed by atoms with van der Waals surface area (Å²) in [6.45, 7) is 2.19. The van der Waals surface area contributed by atoms with Crippen LogP contribution in [0.1, 0.15) is 12.8 Å². The van der Waals surface area contributed by atoms with Gasteiger partial charge in [-0.05, 0) is 61.1 Å². The molecule has 1 aromatic heterocycles. The van der Waals surface area contributed by atoms with E-state index in [4.69, 9.17) is 4.74 Å². The highest BCUT2D eigenvalue weighted by Crippen LogP contribution is 2.40. The molecule has 1 saturated heterocycles. The van der Waals surface area contributed by atoms with Gasteiger partial charge in [0.2, 0.25) is 0 Å². The normalized spacial score (nSPS) is 25.9. The molecule has 1 aliphatic heterocycles. The van der Waals surface area contributed by atoms with E-state index in [9.17, 15) is 9.50 Å². The van der Waals surface area contributed by atoms with Gasteiger partial charge in [-0.3, -0.25) is 4.90 Å². The summed E-state index contributed by atoms with van der Waals surface area (Å²) in [4.78, 5) is 6.69. The lowest BCUT2D eigenvalue weighted by atomic mass is 10.0. The summed E-state index contributed by atoms with van der Waals surface area (Å²) in [6, 6.07) is 9.83. The van der Waals surface area contributed by atoms with Crippen LogP contribution in [0.25, 0.3) is 0 Å². The smallest absolute Gasteiger partial charge is 0.133 e. The number of thioether (sulfide) groups is 1. The molecular formula is C19H21FN2O2S. The van der Waals surface area contributed by atoms with Crippen molar-refractivity contribution in [2.45, 2.75) is 24.0 Å². The molecule has 25 heavy (non-hydrogen) atoms. The monoisotopic (exact) mass is 360 g/mol. The molecule has 0 amide bonds. The minimum atomic E-state index is -0.230. The van der Waals surface area contributed by atoms with Crippen molar-refractivity contribution in [3.8, 4) is 11.5 Å². The Labute approximate surface area is 151 Å². The van der Waals surface area contributed by atoms with E-state index < -0.39 is 0 Å². The minimum absolute atomic E-state index is 0.201. The SMILES string of the molecule is Oc1ccc(SCN2C[C@H]3C[C@H](Oc4ccc(F)cc4)C[C@H]3C2)nc1. The summed E-state index contributed by atoms with van der Waals surface area (Å²) >= 11 is 1.71. The van der Waals surface area contributed by atoms with Gasteiger partial charge in [0.1, 0.15) is 17.3 Å². The molecule has 4 nitrogen and oxygen atoms in total. The maximum atomic E-state index is 13.0. The number of ether oxygens (including phenoxy) is 1. The topological polar surface area (TPSA) is 45.6 Å². The predicted molar refractivity (Wildman–Crippen MR) is 95.2 cm³/mol. The standard InChI is InChI=1S/C19H21FN2O2S/c20-15-1-4-17(5-2-15)24-18-7-13-10-22(11-14(13)8-18)12-25-19-6-3-16(23)9-21-19/h1-6,9,13-14,18,23H,7-8,10-12H2/t13-,14+,18+. The van der Waals surface area contributed by atoms with Crippen LogP contribution in [0.4, 0.5) is 4.39 Å². The van der Waals surface area contributed by atoms with Gasteiger partial charge in [0.25, 0.3) is 0 Å². The highest BCUT2D eigenvalue weighted by atomic mass is 32.2. The first kappa shape index (κ1) is 16.7. The van der Waals surface area contributed by atoms with Crippen molar-refractivity contribution in [2.75, 3.05) is 19.0 Å². The number of aromatic nitrogens is 1. The van der Waals surface area contributed by atoms with Crippen LogP contribution in [0, 0.1) is 17.7 Å². The Hall–Kier alpha value is -1.79. The molecular weight excluding hydrogens is 339 g/mol. The van der Waals surface area contributed by atoms with Gasteiger partial charge in [-0.2, -0.15) is 0 Å². The third-order valence-electron chi connectivity index (χ3n) is 5.02. The molecule has 2 aliphatic rings. The molecule has 2 fully saturated rings. The number of pyridine rings is 1. The largest absolute Gasteiger partial charge is 0.506 e. The van der Waals surface area contributed by atoms with Gasteiger partial charge in [0.05, 0.1) is 23.2 Å². The molecule has 2 heterocycles.